The normalized spacial score (nSPS) is 12.5. The number of rotatable bonds is 4. The molecule has 0 aliphatic carbocycles. The van der Waals surface area contributed by atoms with Crippen LogP contribution in [0.1, 0.15) is 17.6 Å². The van der Waals surface area contributed by atoms with Crippen LogP contribution in [0.5, 0.6) is 0 Å². The second kappa shape index (κ2) is 5.44. The van der Waals surface area contributed by atoms with Gasteiger partial charge in [-0.05, 0) is 12.1 Å². The average molecular weight is 290 g/mol. The van der Waals surface area contributed by atoms with E-state index >= 15 is 0 Å². The first-order valence-electron chi connectivity index (χ1n) is 6.05. The smallest absolute Gasteiger partial charge is 0.244 e. The first kappa shape index (κ1) is 12.8. The Balaban J connectivity index is 1.81. The van der Waals surface area contributed by atoms with E-state index in [0.29, 0.717) is 23.2 Å². The zero-order valence-corrected chi connectivity index (χ0v) is 11.2. The van der Waals surface area contributed by atoms with Crippen LogP contribution in [0.15, 0.2) is 41.3 Å². The minimum atomic E-state index is -0.390. The standard InChI is InChI=1S/C13H12ClN5O/c14-10-4-2-1-3-9(10)12-18-13(20-19-12)11(15)5-8-6-16-7-17-8/h1-4,6-7,11H,5,15H2,(H,16,17)/t11-/m0/s1. The van der Waals surface area contributed by atoms with Crippen LogP contribution in [-0.4, -0.2) is 20.1 Å². The molecule has 0 spiro atoms. The molecule has 7 heteroatoms. The van der Waals surface area contributed by atoms with Crippen molar-refractivity contribution in [3.8, 4) is 11.4 Å². The Morgan fingerprint density at radius 3 is 2.95 bits per heavy atom. The van der Waals surface area contributed by atoms with E-state index < -0.39 is 0 Å². The maximum atomic E-state index is 6.10. The third-order valence-electron chi connectivity index (χ3n) is 2.87. The summed E-state index contributed by atoms with van der Waals surface area (Å²) in [5.74, 6) is 0.806. The van der Waals surface area contributed by atoms with Gasteiger partial charge in [0.15, 0.2) is 0 Å². The van der Waals surface area contributed by atoms with Crippen LogP contribution in [0.4, 0.5) is 0 Å². The first-order valence-corrected chi connectivity index (χ1v) is 6.43. The number of nitrogens with zero attached hydrogens (tertiary/aromatic N) is 3. The van der Waals surface area contributed by atoms with Gasteiger partial charge in [0, 0.05) is 23.9 Å². The molecule has 0 saturated carbocycles. The Morgan fingerprint density at radius 2 is 2.20 bits per heavy atom. The summed E-state index contributed by atoms with van der Waals surface area (Å²) in [5.41, 5.74) is 7.67. The van der Waals surface area contributed by atoms with Crippen LogP contribution in [0.2, 0.25) is 5.02 Å². The van der Waals surface area contributed by atoms with Crippen LogP contribution >= 0.6 is 11.6 Å². The van der Waals surface area contributed by atoms with E-state index in [1.807, 2.05) is 18.2 Å². The van der Waals surface area contributed by atoms with E-state index in [9.17, 15) is 0 Å². The summed E-state index contributed by atoms with van der Waals surface area (Å²) in [6.45, 7) is 0. The van der Waals surface area contributed by atoms with Gasteiger partial charge in [-0.2, -0.15) is 4.98 Å². The summed E-state index contributed by atoms with van der Waals surface area (Å²) in [6, 6.07) is 6.92. The molecule has 1 aromatic carbocycles. The molecule has 0 fully saturated rings. The predicted molar refractivity (Wildman–Crippen MR) is 74.0 cm³/mol. The first-order chi connectivity index (χ1) is 9.74. The van der Waals surface area contributed by atoms with Crippen LogP contribution < -0.4 is 5.73 Å². The Bertz CT molecular complexity index is 694. The number of aromatic nitrogens is 4. The number of H-pyrrole nitrogens is 1. The lowest BCUT2D eigenvalue weighted by Crippen LogP contribution is -2.14. The minimum absolute atomic E-state index is 0.370. The lowest BCUT2D eigenvalue weighted by Gasteiger charge is -2.03. The van der Waals surface area contributed by atoms with Gasteiger partial charge in [-0.3, -0.25) is 0 Å². The summed E-state index contributed by atoms with van der Waals surface area (Å²) in [7, 11) is 0. The van der Waals surface area contributed by atoms with Crippen molar-refractivity contribution in [3.05, 3.63) is 53.4 Å². The molecule has 2 heterocycles. The van der Waals surface area contributed by atoms with Gasteiger partial charge in [-0.15, -0.1) is 0 Å². The van der Waals surface area contributed by atoms with Gasteiger partial charge in [-0.25, -0.2) is 4.98 Å². The SMILES string of the molecule is N[C@@H](Cc1cnc[nH]1)c1nc(-c2ccccc2Cl)no1. The fourth-order valence-electron chi connectivity index (χ4n) is 1.86. The van der Waals surface area contributed by atoms with Gasteiger partial charge in [-0.1, -0.05) is 28.9 Å². The molecule has 0 aliphatic rings. The van der Waals surface area contributed by atoms with Crippen molar-refractivity contribution in [2.24, 2.45) is 5.73 Å². The van der Waals surface area contributed by atoms with Gasteiger partial charge in [0.25, 0.3) is 0 Å². The fraction of sp³-hybridized carbons (Fsp3) is 0.154. The highest BCUT2D eigenvalue weighted by Crippen LogP contribution is 2.26. The molecule has 6 nitrogen and oxygen atoms in total. The highest BCUT2D eigenvalue weighted by Gasteiger charge is 2.17. The Kier molecular flexibility index (Phi) is 3.49. The number of nitrogens with two attached hydrogens (primary N) is 1. The van der Waals surface area contributed by atoms with Crippen LogP contribution in [0, 0.1) is 0 Å². The van der Waals surface area contributed by atoms with Gasteiger partial charge in [0.1, 0.15) is 0 Å². The highest BCUT2D eigenvalue weighted by molar-refractivity contribution is 6.33. The summed E-state index contributed by atoms with van der Waals surface area (Å²) >= 11 is 6.10. The van der Waals surface area contributed by atoms with Crippen molar-refractivity contribution in [2.45, 2.75) is 12.5 Å². The van der Waals surface area contributed by atoms with E-state index in [0.717, 1.165) is 11.3 Å². The number of halogens is 1. The summed E-state index contributed by atoms with van der Waals surface area (Å²) < 4.78 is 5.21. The van der Waals surface area contributed by atoms with Crippen LogP contribution in [0.25, 0.3) is 11.4 Å². The van der Waals surface area contributed by atoms with Crippen molar-refractivity contribution in [3.63, 3.8) is 0 Å². The van der Waals surface area contributed by atoms with E-state index in [1.54, 1.807) is 18.6 Å². The van der Waals surface area contributed by atoms with E-state index in [4.69, 9.17) is 21.9 Å². The summed E-state index contributed by atoms with van der Waals surface area (Å²) in [6.07, 6.45) is 3.86. The largest absolute Gasteiger partial charge is 0.348 e. The Morgan fingerprint density at radius 1 is 1.35 bits per heavy atom. The highest BCUT2D eigenvalue weighted by atomic mass is 35.5. The number of aromatic amines is 1. The lowest BCUT2D eigenvalue weighted by molar-refractivity contribution is 0.354. The van der Waals surface area contributed by atoms with Gasteiger partial charge < -0.3 is 15.2 Å². The second-order valence-corrected chi connectivity index (χ2v) is 4.73. The zero-order valence-electron chi connectivity index (χ0n) is 10.5. The number of nitrogens with one attached hydrogen (secondary N) is 1. The number of benzene rings is 1. The van der Waals surface area contributed by atoms with E-state index in [1.165, 1.54) is 0 Å². The molecule has 102 valence electrons. The summed E-state index contributed by atoms with van der Waals surface area (Å²) in [5, 5.41) is 4.49. The molecule has 0 bridgehead atoms. The van der Waals surface area contributed by atoms with Crippen molar-refractivity contribution in [1.82, 2.24) is 20.1 Å². The van der Waals surface area contributed by atoms with Crippen LogP contribution in [-0.2, 0) is 6.42 Å². The van der Waals surface area contributed by atoms with E-state index in [-0.39, 0.29) is 6.04 Å². The number of hydrogen-bond acceptors (Lipinski definition) is 5. The maximum Gasteiger partial charge on any atom is 0.244 e. The molecule has 0 unspecified atom stereocenters. The van der Waals surface area contributed by atoms with Gasteiger partial charge in [0.05, 0.1) is 17.4 Å². The molecule has 1 atom stereocenters. The third-order valence-corrected chi connectivity index (χ3v) is 3.20. The monoisotopic (exact) mass is 289 g/mol. The number of hydrogen-bond donors (Lipinski definition) is 2. The molecule has 3 aromatic rings. The molecule has 0 amide bonds. The molecular weight excluding hydrogens is 278 g/mol. The molecule has 20 heavy (non-hydrogen) atoms. The van der Waals surface area contributed by atoms with Crippen molar-refractivity contribution in [1.29, 1.82) is 0 Å². The average Bonchev–Trinajstić information content (AvgIpc) is 3.10. The topological polar surface area (TPSA) is 93.6 Å². The predicted octanol–water partition coefficient (Wildman–Crippen LogP) is 2.36. The quantitative estimate of drug-likeness (QED) is 0.769. The maximum absolute atomic E-state index is 6.10. The fourth-order valence-corrected chi connectivity index (χ4v) is 2.08. The molecule has 0 radical (unpaired) electrons. The minimum Gasteiger partial charge on any atom is -0.348 e. The third kappa shape index (κ3) is 2.56. The molecular formula is C13H12ClN5O. The number of imidazole rings is 1. The Labute approximate surface area is 120 Å². The van der Waals surface area contributed by atoms with Crippen molar-refractivity contribution >= 4 is 11.6 Å². The van der Waals surface area contributed by atoms with Crippen molar-refractivity contribution in [2.75, 3.05) is 0 Å². The van der Waals surface area contributed by atoms with Crippen molar-refractivity contribution < 1.29 is 4.52 Å². The molecule has 3 rings (SSSR count). The molecule has 2 aromatic heterocycles. The lowest BCUT2D eigenvalue weighted by atomic mass is 10.2. The molecule has 0 aliphatic heterocycles. The van der Waals surface area contributed by atoms with Crippen LogP contribution in [0.3, 0.4) is 0 Å². The van der Waals surface area contributed by atoms with E-state index in [2.05, 4.69) is 20.1 Å². The molecule has 3 N–H and O–H groups in total. The molecule has 0 saturated heterocycles. The Hall–Kier alpha value is -2.18. The zero-order chi connectivity index (χ0) is 13.9. The second-order valence-electron chi connectivity index (χ2n) is 4.32. The van der Waals surface area contributed by atoms with Gasteiger partial charge in [0.2, 0.25) is 11.7 Å². The van der Waals surface area contributed by atoms with Gasteiger partial charge >= 0.3 is 0 Å². The summed E-state index contributed by atoms with van der Waals surface area (Å²) in [4.78, 5) is 11.2.